The summed E-state index contributed by atoms with van der Waals surface area (Å²) in [6, 6.07) is 6.46. The number of aromatic nitrogens is 1. The van der Waals surface area contributed by atoms with Crippen LogP contribution in [0, 0.1) is 13.8 Å². The molecule has 0 saturated carbocycles. The predicted octanol–water partition coefficient (Wildman–Crippen LogP) is 3.43. The molecule has 0 N–H and O–H groups in total. The molecular formula is C11H11NS. The van der Waals surface area contributed by atoms with Crippen LogP contribution in [-0.4, -0.2) is 4.98 Å². The smallest absolute Gasteiger partial charge is 0.0361 e. The maximum atomic E-state index is 4.18. The third-order valence-electron chi connectivity index (χ3n) is 1.90. The zero-order chi connectivity index (χ0) is 9.26. The molecule has 0 atom stereocenters. The van der Waals surface area contributed by atoms with Gasteiger partial charge in [0.05, 0.1) is 0 Å². The zero-order valence-electron chi connectivity index (χ0n) is 7.74. The van der Waals surface area contributed by atoms with E-state index >= 15 is 0 Å². The highest BCUT2D eigenvalue weighted by atomic mass is 32.1. The van der Waals surface area contributed by atoms with E-state index in [1.807, 2.05) is 23.7 Å². The van der Waals surface area contributed by atoms with Crippen molar-refractivity contribution in [1.29, 1.82) is 0 Å². The Hall–Kier alpha value is -1.15. The molecular weight excluding hydrogens is 178 g/mol. The van der Waals surface area contributed by atoms with E-state index in [0.717, 1.165) is 0 Å². The second-order valence-corrected chi connectivity index (χ2v) is 4.45. The van der Waals surface area contributed by atoms with Gasteiger partial charge in [-0.1, -0.05) is 0 Å². The van der Waals surface area contributed by atoms with Gasteiger partial charge in [0.2, 0.25) is 0 Å². The maximum Gasteiger partial charge on any atom is 0.0361 e. The van der Waals surface area contributed by atoms with E-state index in [4.69, 9.17) is 0 Å². The first-order chi connectivity index (χ1) is 6.25. The van der Waals surface area contributed by atoms with Crippen LogP contribution in [0.2, 0.25) is 0 Å². The molecule has 0 amide bonds. The Morgan fingerprint density at radius 1 is 1.15 bits per heavy atom. The summed E-state index contributed by atoms with van der Waals surface area (Å²) < 4.78 is 0. The minimum absolute atomic E-state index is 1.21. The van der Waals surface area contributed by atoms with Gasteiger partial charge in [-0.15, -0.1) is 11.3 Å². The van der Waals surface area contributed by atoms with E-state index in [0.29, 0.717) is 0 Å². The van der Waals surface area contributed by atoms with Gasteiger partial charge in [-0.2, -0.15) is 0 Å². The van der Waals surface area contributed by atoms with Crippen molar-refractivity contribution in [2.45, 2.75) is 13.8 Å². The molecule has 2 aromatic rings. The number of thiophene rings is 1. The third-order valence-corrected chi connectivity index (χ3v) is 2.95. The molecule has 2 rings (SSSR count). The molecule has 2 heteroatoms. The first kappa shape index (κ1) is 8.45. The van der Waals surface area contributed by atoms with Crippen molar-refractivity contribution in [3.05, 3.63) is 41.0 Å². The minimum atomic E-state index is 1.21. The van der Waals surface area contributed by atoms with Gasteiger partial charge in [-0.05, 0) is 37.6 Å². The normalized spacial score (nSPS) is 10.3. The largest absolute Gasteiger partial charge is 0.264 e. The molecule has 0 bridgehead atoms. The van der Waals surface area contributed by atoms with Crippen molar-refractivity contribution in [2.75, 3.05) is 0 Å². The van der Waals surface area contributed by atoms with Crippen LogP contribution in [0.3, 0.4) is 0 Å². The average molecular weight is 189 g/mol. The topological polar surface area (TPSA) is 12.9 Å². The van der Waals surface area contributed by atoms with E-state index in [1.165, 1.54) is 20.9 Å². The molecule has 0 aliphatic rings. The summed E-state index contributed by atoms with van der Waals surface area (Å²) in [4.78, 5) is 6.82. The molecule has 0 spiro atoms. The molecule has 0 fully saturated rings. The van der Waals surface area contributed by atoms with Crippen LogP contribution in [-0.2, 0) is 0 Å². The van der Waals surface area contributed by atoms with Crippen LogP contribution in [0.1, 0.15) is 10.4 Å². The van der Waals surface area contributed by atoms with Crippen molar-refractivity contribution >= 4 is 11.3 Å². The Morgan fingerprint density at radius 2 is 2.00 bits per heavy atom. The molecule has 66 valence electrons. The molecule has 0 aromatic carbocycles. The van der Waals surface area contributed by atoms with E-state index in [-0.39, 0.29) is 0 Å². The number of nitrogens with zero attached hydrogens (tertiary/aromatic N) is 1. The highest BCUT2D eigenvalue weighted by Gasteiger charge is 2.00. The predicted molar refractivity (Wildman–Crippen MR) is 57.0 cm³/mol. The zero-order valence-corrected chi connectivity index (χ0v) is 8.56. The molecule has 2 aromatic heterocycles. The van der Waals surface area contributed by atoms with Crippen molar-refractivity contribution in [1.82, 2.24) is 4.98 Å². The van der Waals surface area contributed by atoms with Gasteiger partial charge >= 0.3 is 0 Å². The van der Waals surface area contributed by atoms with Gasteiger partial charge in [0, 0.05) is 27.7 Å². The molecule has 0 aliphatic carbocycles. The Balaban J connectivity index is 2.46. The lowest BCUT2D eigenvalue weighted by Crippen LogP contribution is -1.78. The van der Waals surface area contributed by atoms with E-state index in [2.05, 4.69) is 37.0 Å². The van der Waals surface area contributed by atoms with Crippen LogP contribution in [0.15, 0.2) is 30.6 Å². The van der Waals surface area contributed by atoms with E-state index < -0.39 is 0 Å². The van der Waals surface area contributed by atoms with E-state index in [9.17, 15) is 0 Å². The Morgan fingerprint density at radius 3 is 2.62 bits per heavy atom. The number of rotatable bonds is 1. The molecule has 0 radical (unpaired) electrons. The number of aryl methyl sites for hydroxylation is 2. The molecule has 0 unspecified atom stereocenters. The lowest BCUT2D eigenvalue weighted by atomic mass is 10.2. The van der Waals surface area contributed by atoms with Crippen LogP contribution in [0.25, 0.3) is 10.4 Å². The fourth-order valence-corrected chi connectivity index (χ4v) is 2.13. The van der Waals surface area contributed by atoms with Gasteiger partial charge in [0.1, 0.15) is 0 Å². The van der Waals surface area contributed by atoms with Crippen LogP contribution in [0.5, 0.6) is 0 Å². The molecule has 2 heterocycles. The van der Waals surface area contributed by atoms with Gasteiger partial charge in [-0.3, -0.25) is 4.98 Å². The van der Waals surface area contributed by atoms with Crippen LogP contribution in [0.4, 0.5) is 0 Å². The van der Waals surface area contributed by atoms with Crippen LogP contribution >= 0.6 is 11.3 Å². The monoisotopic (exact) mass is 189 g/mol. The lowest BCUT2D eigenvalue weighted by molar-refractivity contribution is 1.27. The summed E-state index contributed by atoms with van der Waals surface area (Å²) in [7, 11) is 0. The van der Waals surface area contributed by atoms with Crippen molar-refractivity contribution in [3.63, 3.8) is 0 Å². The van der Waals surface area contributed by atoms with E-state index in [1.54, 1.807) is 0 Å². The Bertz CT molecular complexity index is 418. The summed E-state index contributed by atoms with van der Waals surface area (Å²) in [5, 5.41) is 0. The second-order valence-electron chi connectivity index (χ2n) is 3.16. The summed E-state index contributed by atoms with van der Waals surface area (Å²) in [5.41, 5.74) is 2.43. The van der Waals surface area contributed by atoms with Gasteiger partial charge in [0.25, 0.3) is 0 Å². The molecule has 1 nitrogen and oxygen atoms in total. The second kappa shape index (κ2) is 3.30. The van der Waals surface area contributed by atoms with Gasteiger partial charge in [0.15, 0.2) is 0 Å². The summed E-state index contributed by atoms with van der Waals surface area (Å²) >= 11 is 1.81. The molecule has 13 heavy (non-hydrogen) atoms. The van der Waals surface area contributed by atoms with Crippen molar-refractivity contribution < 1.29 is 0 Å². The summed E-state index contributed by atoms with van der Waals surface area (Å²) in [6.45, 7) is 4.19. The Labute approximate surface area is 82.1 Å². The number of pyridine rings is 1. The minimum Gasteiger partial charge on any atom is -0.264 e. The fraction of sp³-hybridized carbons (Fsp3) is 0.182. The highest BCUT2D eigenvalue weighted by molar-refractivity contribution is 7.15. The maximum absolute atomic E-state index is 4.18. The first-order valence-corrected chi connectivity index (χ1v) is 5.06. The highest BCUT2D eigenvalue weighted by Crippen LogP contribution is 2.27. The SMILES string of the molecule is Cc1cncc(-c2ccc(C)s2)c1. The number of hydrogen-bond donors (Lipinski definition) is 0. The first-order valence-electron chi connectivity index (χ1n) is 4.24. The number of hydrogen-bond acceptors (Lipinski definition) is 2. The van der Waals surface area contributed by atoms with Crippen molar-refractivity contribution in [3.8, 4) is 10.4 Å². The Kier molecular flexibility index (Phi) is 2.15. The van der Waals surface area contributed by atoms with Gasteiger partial charge in [-0.25, -0.2) is 0 Å². The van der Waals surface area contributed by atoms with Crippen molar-refractivity contribution in [2.24, 2.45) is 0 Å². The van der Waals surface area contributed by atoms with Crippen LogP contribution < -0.4 is 0 Å². The third kappa shape index (κ3) is 1.78. The summed E-state index contributed by atoms with van der Waals surface area (Å²) in [6.07, 6.45) is 3.79. The standard InChI is InChI=1S/C11H11NS/c1-8-5-10(7-12-6-8)11-4-3-9(2)13-11/h3-7H,1-2H3. The average Bonchev–Trinajstić information content (AvgIpc) is 2.52. The fourth-order valence-electron chi connectivity index (χ4n) is 1.28. The summed E-state index contributed by atoms with van der Waals surface area (Å²) in [5.74, 6) is 0. The quantitative estimate of drug-likeness (QED) is 0.669. The molecule has 0 saturated heterocycles. The van der Waals surface area contributed by atoms with Gasteiger partial charge < -0.3 is 0 Å². The molecule has 0 aliphatic heterocycles. The lowest BCUT2D eigenvalue weighted by Gasteiger charge is -1.97.